The first-order valence-corrected chi connectivity index (χ1v) is 7.65. The molecule has 0 fully saturated rings. The number of halogens is 1. The molecule has 22 heavy (non-hydrogen) atoms. The summed E-state index contributed by atoms with van der Waals surface area (Å²) in [6.45, 7) is 2.70. The highest BCUT2D eigenvalue weighted by Crippen LogP contribution is 2.25. The minimum absolute atomic E-state index is 0.360. The third-order valence-corrected chi connectivity index (χ3v) is 4.39. The SMILES string of the molecule is Nc1ncc2c(n1)CCN(Cc1c[nH]c3ccc(Cl)cc13)C2. The molecule has 5 nitrogen and oxygen atoms in total. The van der Waals surface area contributed by atoms with Gasteiger partial charge in [0, 0.05) is 59.9 Å². The Morgan fingerprint density at radius 2 is 2.27 bits per heavy atom. The number of benzene rings is 1. The Kier molecular flexibility index (Phi) is 3.24. The van der Waals surface area contributed by atoms with Crippen LogP contribution in [-0.2, 0) is 19.5 Å². The first-order valence-electron chi connectivity index (χ1n) is 7.27. The third kappa shape index (κ3) is 2.42. The Bertz CT molecular complexity index is 842. The summed E-state index contributed by atoms with van der Waals surface area (Å²) in [5, 5.41) is 1.95. The van der Waals surface area contributed by atoms with Gasteiger partial charge in [0.25, 0.3) is 0 Å². The number of nitrogens with one attached hydrogen (secondary N) is 1. The number of aromatic nitrogens is 3. The molecule has 0 amide bonds. The predicted molar refractivity (Wildman–Crippen MR) is 87.6 cm³/mol. The number of nitrogen functional groups attached to an aromatic ring is 1. The number of nitrogens with two attached hydrogens (primary N) is 1. The monoisotopic (exact) mass is 313 g/mol. The quantitative estimate of drug-likeness (QED) is 0.763. The predicted octanol–water partition coefficient (Wildman–Crippen LogP) is 2.75. The lowest BCUT2D eigenvalue weighted by Crippen LogP contribution is -2.31. The second-order valence-electron chi connectivity index (χ2n) is 5.66. The highest BCUT2D eigenvalue weighted by molar-refractivity contribution is 6.31. The van der Waals surface area contributed by atoms with Gasteiger partial charge < -0.3 is 10.7 Å². The van der Waals surface area contributed by atoms with E-state index in [1.54, 1.807) is 0 Å². The fourth-order valence-electron chi connectivity index (χ4n) is 3.05. The van der Waals surface area contributed by atoms with Crippen LogP contribution in [0.5, 0.6) is 0 Å². The van der Waals surface area contributed by atoms with E-state index in [9.17, 15) is 0 Å². The smallest absolute Gasteiger partial charge is 0.220 e. The van der Waals surface area contributed by atoms with Gasteiger partial charge in [-0.05, 0) is 23.8 Å². The first kappa shape index (κ1) is 13.5. The van der Waals surface area contributed by atoms with Gasteiger partial charge in [-0.1, -0.05) is 11.6 Å². The van der Waals surface area contributed by atoms with Crippen molar-refractivity contribution in [1.82, 2.24) is 19.9 Å². The largest absolute Gasteiger partial charge is 0.368 e. The van der Waals surface area contributed by atoms with Crippen molar-refractivity contribution >= 4 is 28.5 Å². The van der Waals surface area contributed by atoms with Crippen molar-refractivity contribution in [3.8, 4) is 0 Å². The lowest BCUT2D eigenvalue weighted by Gasteiger charge is -2.27. The number of H-pyrrole nitrogens is 1. The zero-order chi connectivity index (χ0) is 15.1. The lowest BCUT2D eigenvalue weighted by molar-refractivity contribution is 0.244. The average Bonchev–Trinajstić information content (AvgIpc) is 2.90. The lowest BCUT2D eigenvalue weighted by atomic mass is 10.1. The van der Waals surface area contributed by atoms with Gasteiger partial charge in [0.05, 0.1) is 5.69 Å². The summed E-state index contributed by atoms with van der Waals surface area (Å²) in [5.41, 5.74) is 10.3. The van der Waals surface area contributed by atoms with Crippen molar-refractivity contribution in [3.05, 3.63) is 52.4 Å². The van der Waals surface area contributed by atoms with Crippen LogP contribution in [0.2, 0.25) is 5.02 Å². The highest BCUT2D eigenvalue weighted by Gasteiger charge is 2.19. The number of hydrogen-bond acceptors (Lipinski definition) is 4. The van der Waals surface area contributed by atoms with Crippen LogP contribution in [0.15, 0.2) is 30.6 Å². The molecule has 1 aliphatic rings. The van der Waals surface area contributed by atoms with E-state index in [0.717, 1.165) is 42.3 Å². The molecule has 0 aliphatic carbocycles. The number of aromatic amines is 1. The molecule has 6 heteroatoms. The molecular weight excluding hydrogens is 298 g/mol. The Morgan fingerprint density at radius 1 is 1.36 bits per heavy atom. The van der Waals surface area contributed by atoms with E-state index in [0.29, 0.717) is 5.95 Å². The Balaban J connectivity index is 1.59. The molecule has 0 saturated carbocycles. The second-order valence-corrected chi connectivity index (χ2v) is 6.10. The number of anilines is 1. The van der Waals surface area contributed by atoms with Crippen LogP contribution in [0, 0.1) is 0 Å². The van der Waals surface area contributed by atoms with Crippen LogP contribution in [0.4, 0.5) is 5.95 Å². The molecule has 0 radical (unpaired) electrons. The molecule has 0 unspecified atom stereocenters. The van der Waals surface area contributed by atoms with E-state index in [1.165, 1.54) is 16.5 Å². The van der Waals surface area contributed by atoms with E-state index in [-0.39, 0.29) is 0 Å². The Morgan fingerprint density at radius 3 is 3.18 bits per heavy atom. The summed E-state index contributed by atoms with van der Waals surface area (Å²) < 4.78 is 0. The average molecular weight is 314 g/mol. The number of hydrogen-bond donors (Lipinski definition) is 2. The van der Waals surface area contributed by atoms with Gasteiger partial charge in [-0.3, -0.25) is 4.90 Å². The van der Waals surface area contributed by atoms with E-state index in [2.05, 4.69) is 26.0 Å². The topological polar surface area (TPSA) is 70.8 Å². The normalized spacial score (nSPS) is 15.1. The van der Waals surface area contributed by atoms with Crippen LogP contribution < -0.4 is 5.73 Å². The maximum absolute atomic E-state index is 6.12. The van der Waals surface area contributed by atoms with Gasteiger partial charge in [-0.15, -0.1) is 0 Å². The van der Waals surface area contributed by atoms with Crippen molar-refractivity contribution in [2.45, 2.75) is 19.5 Å². The fraction of sp³-hybridized carbons (Fsp3) is 0.250. The molecule has 3 aromatic rings. The van der Waals surface area contributed by atoms with Gasteiger partial charge in [0.1, 0.15) is 0 Å². The van der Waals surface area contributed by atoms with E-state index in [1.807, 2.05) is 24.4 Å². The standard InChI is InChI=1S/C16H16ClN5/c17-12-1-2-15-13(5-12)10(6-19-15)8-22-4-3-14-11(9-22)7-20-16(18)21-14/h1-2,5-7,19H,3-4,8-9H2,(H2,18,20,21). The van der Waals surface area contributed by atoms with Crippen LogP contribution >= 0.6 is 11.6 Å². The summed E-state index contributed by atoms with van der Waals surface area (Å²) in [6, 6.07) is 5.94. The fourth-order valence-corrected chi connectivity index (χ4v) is 3.22. The minimum atomic E-state index is 0.360. The van der Waals surface area contributed by atoms with Crippen molar-refractivity contribution in [2.24, 2.45) is 0 Å². The van der Waals surface area contributed by atoms with Gasteiger partial charge in [-0.2, -0.15) is 0 Å². The third-order valence-electron chi connectivity index (χ3n) is 4.16. The van der Waals surface area contributed by atoms with Crippen LogP contribution in [0.3, 0.4) is 0 Å². The van der Waals surface area contributed by atoms with Gasteiger partial charge in [0.15, 0.2) is 0 Å². The van der Waals surface area contributed by atoms with Gasteiger partial charge >= 0.3 is 0 Å². The molecule has 1 aromatic carbocycles. The maximum Gasteiger partial charge on any atom is 0.220 e. The molecule has 0 spiro atoms. The molecule has 0 bridgehead atoms. The molecular formula is C16H16ClN5. The number of rotatable bonds is 2. The second kappa shape index (κ2) is 5.26. The van der Waals surface area contributed by atoms with Gasteiger partial charge in [0.2, 0.25) is 5.95 Å². The zero-order valence-electron chi connectivity index (χ0n) is 12.0. The molecule has 2 aromatic heterocycles. The molecule has 0 saturated heterocycles. The van der Waals surface area contributed by atoms with Crippen LogP contribution in [-0.4, -0.2) is 26.4 Å². The van der Waals surface area contributed by atoms with Gasteiger partial charge in [-0.25, -0.2) is 9.97 Å². The highest BCUT2D eigenvalue weighted by atomic mass is 35.5. The van der Waals surface area contributed by atoms with E-state index < -0.39 is 0 Å². The molecule has 3 N–H and O–H groups in total. The van der Waals surface area contributed by atoms with Crippen molar-refractivity contribution in [3.63, 3.8) is 0 Å². The summed E-state index contributed by atoms with van der Waals surface area (Å²) in [7, 11) is 0. The minimum Gasteiger partial charge on any atom is -0.368 e. The summed E-state index contributed by atoms with van der Waals surface area (Å²) in [5.74, 6) is 0.360. The number of nitrogens with zero attached hydrogens (tertiary/aromatic N) is 3. The van der Waals surface area contributed by atoms with E-state index >= 15 is 0 Å². The summed E-state index contributed by atoms with van der Waals surface area (Å²) in [6.07, 6.45) is 4.82. The van der Waals surface area contributed by atoms with Crippen LogP contribution in [0.25, 0.3) is 10.9 Å². The Hall–Kier alpha value is -2.11. The zero-order valence-corrected chi connectivity index (χ0v) is 12.8. The van der Waals surface area contributed by atoms with E-state index in [4.69, 9.17) is 17.3 Å². The van der Waals surface area contributed by atoms with Crippen molar-refractivity contribution in [1.29, 1.82) is 0 Å². The first-order chi connectivity index (χ1) is 10.7. The van der Waals surface area contributed by atoms with Crippen molar-refractivity contribution in [2.75, 3.05) is 12.3 Å². The van der Waals surface area contributed by atoms with Crippen molar-refractivity contribution < 1.29 is 0 Å². The molecule has 1 aliphatic heterocycles. The molecule has 112 valence electrons. The summed E-state index contributed by atoms with van der Waals surface area (Å²) in [4.78, 5) is 14.1. The summed E-state index contributed by atoms with van der Waals surface area (Å²) >= 11 is 6.12. The Labute approximate surface area is 133 Å². The van der Waals surface area contributed by atoms with Crippen LogP contribution in [0.1, 0.15) is 16.8 Å². The number of fused-ring (bicyclic) bond motifs is 2. The molecule has 0 atom stereocenters. The maximum atomic E-state index is 6.12. The molecule has 3 heterocycles. The molecule has 4 rings (SSSR count).